The molecule has 0 bridgehead atoms. The van der Waals surface area contributed by atoms with Gasteiger partial charge in [-0.2, -0.15) is 5.10 Å². The number of nitrogens with zero attached hydrogens (tertiary/aromatic N) is 1. The van der Waals surface area contributed by atoms with Crippen LogP contribution in [-0.4, -0.2) is 31.8 Å². The normalized spacial score (nSPS) is 11.4. The van der Waals surface area contributed by atoms with E-state index >= 15 is 0 Å². The van der Waals surface area contributed by atoms with Crippen molar-refractivity contribution in [3.8, 4) is 5.75 Å². The van der Waals surface area contributed by atoms with Crippen molar-refractivity contribution in [2.45, 2.75) is 18.2 Å². The molecule has 108 valence electrons. The van der Waals surface area contributed by atoms with Gasteiger partial charge in [0.25, 0.3) is 0 Å². The van der Waals surface area contributed by atoms with Crippen molar-refractivity contribution >= 4 is 10.0 Å². The van der Waals surface area contributed by atoms with Crippen LogP contribution in [0.15, 0.2) is 41.4 Å². The zero-order chi connectivity index (χ0) is 14.4. The summed E-state index contributed by atoms with van der Waals surface area (Å²) in [5, 5.41) is 6.59. The highest BCUT2D eigenvalue weighted by Crippen LogP contribution is 2.15. The summed E-state index contributed by atoms with van der Waals surface area (Å²) in [5.41, 5.74) is 0.888. The number of benzene rings is 1. The Morgan fingerprint density at radius 3 is 2.60 bits per heavy atom. The lowest BCUT2D eigenvalue weighted by Crippen LogP contribution is -2.26. The van der Waals surface area contributed by atoms with Crippen molar-refractivity contribution in [1.29, 1.82) is 0 Å². The van der Waals surface area contributed by atoms with Gasteiger partial charge in [-0.25, -0.2) is 13.1 Å². The van der Waals surface area contributed by atoms with Crippen LogP contribution in [0, 0.1) is 0 Å². The first-order valence-corrected chi connectivity index (χ1v) is 7.81. The molecule has 1 aromatic carbocycles. The molecule has 7 heteroatoms. The lowest BCUT2D eigenvalue weighted by atomic mass is 10.3. The molecular weight excluding hydrogens is 278 g/mol. The highest BCUT2D eigenvalue weighted by molar-refractivity contribution is 7.89. The van der Waals surface area contributed by atoms with Crippen LogP contribution < -0.4 is 9.46 Å². The zero-order valence-electron chi connectivity index (χ0n) is 11.2. The van der Waals surface area contributed by atoms with Crippen LogP contribution in [0.4, 0.5) is 0 Å². The van der Waals surface area contributed by atoms with E-state index in [9.17, 15) is 8.42 Å². The molecule has 20 heavy (non-hydrogen) atoms. The number of H-pyrrole nitrogens is 1. The van der Waals surface area contributed by atoms with Crippen LogP contribution in [-0.2, 0) is 16.4 Å². The van der Waals surface area contributed by atoms with Gasteiger partial charge < -0.3 is 4.74 Å². The summed E-state index contributed by atoms with van der Waals surface area (Å²) in [6, 6.07) is 8.16. The van der Waals surface area contributed by atoms with E-state index in [1.165, 1.54) is 12.1 Å². The van der Waals surface area contributed by atoms with Gasteiger partial charge >= 0.3 is 0 Å². The predicted molar refractivity (Wildman–Crippen MR) is 75.1 cm³/mol. The summed E-state index contributed by atoms with van der Waals surface area (Å²) in [6.45, 7) is 2.74. The van der Waals surface area contributed by atoms with Crippen molar-refractivity contribution in [3.63, 3.8) is 0 Å². The molecule has 0 aliphatic heterocycles. The highest BCUT2D eigenvalue weighted by atomic mass is 32.2. The highest BCUT2D eigenvalue weighted by Gasteiger charge is 2.13. The molecular formula is C13H17N3O3S. The van der Waals surface area contributed by atoms with E-state index in [-0.39, 0.29) is 4.90 Å². The van der Waals surface area contributed by atoms with Gasteiger partial charge in [0.05, 0.1) is 11.5 Å². The first kappa shape index (κ1) is 14.5. The SMILES string of the molecule is CCOc1ccc(S(=O)(=O)NCCc2ccn[nH]2)cc1. The van der Waals surface area contributed by atoms with Crippen molar-refractivity contribution in [3.05, 3.63) is 42.2 Å². The molecule has 0 unspecified atom stereocenters. The summed E-state index contributed by atoms with van der Waals surface area (Å²) in [4.78, 5) is 0.227. The number of aromatic amines is 1. The average molecular weight is 295 g/mol. The molecule has 0 saturated heterocycles. The summed E-state index contributed by atoms with van der Waals surface area (Å²) in [5.74, 6) is 0.656. The summed E-state index contributed by atoms with van der Waals surface area (Å²) in [6.07, 6.45) is 2.20. The Morgan fingerprint density at radius 1 is 1.25 bits per heavy atom. The van der Waals surface area contributed by atoms with Crippen molar-refractivity contribution in [2.75, 3.05) is 13.2 Å². The van der Waals surface area contributed by atoms with Crippen LogP contribution in [0.2, 0.25) is 0 Å². The van der Waals surface area contributed by atoms with Crippen LogP contribution in [0.1, 0.15) is 12.6 Å². The molecule has 2 aromatic rings. The summed E-state index contributed by atoms with van der Waals surface area (Å²) >= 11 is 0. The second kappa shape index (κ2) is 6.53. The molecule has 0 saturated carbocycles. The van der Waals surface area contributed by atoms with E-state index in [0.717, 1.165) is 5.69 Å². The Morgan fingerprint density at radius 2 is 2.00 bits per heavy atom. The van der Waals surface area contributed by atoms with E-state index in [1.54, 1.807) is 18.3 Å². The van der Waals surface area contributed by atoms with Crippen molar-refractivity contribution in [1.82, 2.24) is 14.9 Å². The number of sulfonamides is 1. The number of hydrogen-bond acceptors (Lipinski definition) is 4. The molecule has 2 rings (SSSR count). The summed E-state index contributed by atoms with van der Waals surface area (Å²) in [7, 11) is -3.49. The number of aromatic nitrogens is 2. The van der Waals surface area contributed by atoms with Crippen molar-refractivity contribution in [2.24, 2.45) is 0 Å². The van der Waals surface area contributed by atoms with E-state index < -0.39 is 10.0 Å². The third kappa shape index (κ3) is 3.82. The van der Waals surface area contributed by atoms with Gasteiger partial charge in [-0.05, 0) is 37.3 Å². The molecule has 0 spiro atoms. The maximum absolute atomic E-state index is 12.1. The fraction of sp³-hybridized carbons (Fsp3) is 0.308. The van der Waals surface area contributed by atoms with Crippen LogP contribution in [0.5, 0.6) is 5.75 Å². The molecule has 0 aliphatic carbocycles. The van der Waals surface area contributed by atoms with Gasteiger partial charge in [-0.3, -0.25) is 5.10 Å². The largest absolute Gasteiger partial charge is 0.494 e. The smallest absolute Gasteiger partial charge is 0.240 e. The maximum atomic E-state index is 12.1. The fourth-order valence-electron chi connectivity index (χ4n) is 1.71. The first-order chi connectivity index (χ1) is 9.62. The Bertz CT molecular complexity index is 621. The van der Waals surface area contributed by atoms with E-state index in [0.29, 0.717) is 25.3 Å². The molecule has 0 fully saturated rings. The molecule has 0 radical (unpaired) electrons. The fourth-order valence-corrected chi connectivity index (χ4v) is 2.74. The van der Waals surface area contributed by atoms with Crippen LogP contribution in [0.25, 0.3) is 0 Å². The van der Waals surface area contributed by atoms with Crippen LogP contribution >= 0.6 is 0 Å². The van der Waals surface area contributed by atoms with Crippen LogP contribution in [0.3, 0.4) is 0 Å². The minimum Gasteiger partial charge on any atom is -0.494 e. The van der Waals surface area contributed by atoms with Gasteiger partial charge in [0.15, 0.2) is 0 Å². The van der Waals surface area contributed by atoms with Gasteiger partial charge in [0.1, 0.15) is 5.75 Å². The third-order valence-corrected chi connectivity index (χ3v) is 4.17. The number of hydrogen-bond donors (Lipinski definition) is 2. The Balaban J connectivity index is 1.95. The average Bonchev–Trinajstić information content (AvgIpc) is 2.93. The van der Waals surface area contributed by atoms with E-state index in [1.807, 2.05) is 13.0 Å². The van der Waals surface area contributed by atoms with E-state index in [2.05, 4.69) is 14.9 Å². The Labute approximate surface area is 118 Å². The molecule has 0 amide bonds. The van der Waals surface area contributed by atoms with Crippen molar-refractivity contribution < 1.29 is 13.2 Å². The Hall–Kier alpha value is -1.86. The third-order valence-electron chi connectivity index (χ3n) is 2.69. The standard InChI is InChI=1S/C13H17N3O3S/c1-2-19-12-3-5-13(6-4-12)20(17,18)15-10-8-11-7-9-14-16-11/h3-7,9,15H,2,8,10H2,1H3,(H,14,16). The quantitative estimate of drug-likeness (QED) is 0.807. The van der Waals surface area contributed by atoms with E-state index in [4.69, 9.17) is 4.74 Å². The molecule has 2 N–H and O–H groups in total. The lowest BCUT2D eigenvalue weighted by Gasteiger charge is -2.07. The minimum absolute atomic E-state index is 0.227. The molecule has 1 heterocycles. The molecule has 1 aromatic heterocycles. The second-order valence-corrected chi connectivity index (χ2v) is 5.90. The Kier molecular flexibility index (Phi) is 4.75. The second-order valence-electron chi connectivity index (χ2n) is 4.13. The molecule has 0 atom stereocenters. The predicted octanol–water partition coefficient (Wildman–Crippen LogP) is 1.33. The number of rotatable bonds is 7. The number of nitrogens with one attached hydrogen (secondary N) is 2. The molecule has 0 aliphatic rings. The number of ether oxygens (including phenoxy) is 1. The first-order valence-electron chi connectivity index (χ1n) is 6.32. The minimum atomic E-state index is -3.49. The molecule has 6 nitrogen and oxygen atoms in total. The maximum Gasteiger partial charge on any atom is 0.240 e. The summed E-state index contributed by atoms with van der Waals surface area (Å²) < 4.78 is 31.9. The topological polar surface area (TPSA) is 84.1 Å². The van der Waals surface area contributed by atoms with Gasteiger partial charge in [-0.15, -0.1) is 0 Å². The zero-order valence-corrected chi connectivity index (χ0v) is 12.0. The lowest BCUT2D eigenvalue weighted by molar-refractivity contribution is 0.340. The van der Waals surface area contributed by atoms with Gasteiger partial charge in [-0.1, -0.05) is 0 Å². The van der Waals surface area contributed by atoms with Gasteiger partial charge in [0.2, 0.25) is 10.0 Å². The van der Waals surface area contributed by atoms with Gasteiger partial charge in [0, 0.05) is 24.9 Å². The monoisotopic (exact) mass is 295 g/mol.